The second-order valence-corrected chi connectivity index (χ2v) is 3.10. The van der Waals surface area contributed by atoms with Gasteiger partial charge in [-0.3, -0.25) is 0 Å². The topological polar surface area (TPSA) is 35.9 Å². The lowest BCUT2D eigenvalue weighted by Crippen LogP contribution is -2.24. The van der Waals surface area contributed by atoms with E-state index in [-0.39, 0.29) is 0 Å². The second-order valence-electron chi connectivity index (χ2n) is 3.10. The van der Waals surface area contributed by atoms with E-state index in [0.29, 0.717) is 0 Å². The van der Waals surface area contributed by atoms with Crippen LogP contribution in [0.1, 0.15) is 26.7 Å². The molecular weight excluding hydrogens is 136 g/mol. The number of nitrogens with one attached hydrogen (secondary N) is 2. The van der Waals surface area contributed by atoms with Crippen molar-refractivity contribution < 1.29 is 0 Å². The Balaban J connectivity index is 2.68. The Bertz CT molecular complexity index is 184. The predicted molar refractivity (Wildman–Crippen MR) is 48.2 cm³/mol. The fourth-order valence-corrected chi connectivity index (χ4v) is 1.37. The lowest BCUT2D eigenvalue weighted by Gasteiger charge is -2.17. The van der Waals surface area contributed by atoms with Crippen molar-refractivity contribution in [3.05, 3.63) is 11.1 Å². The molecule has 1 fully saturated rings. The monoisotopic (exact) mass is 152 g/mol. The summed E-state index contributed by atoms with van der Waals surface area (Å²) >= 11 is 0. The van der Waals surface area contributed by atoms with E-state index in [9.17, 15) is 0 Å². The van der Waals surface area contributed by atoms with Gasteiger partial charge in [-0.25, -0.2) is 0 Å². The van der Waals surface area contributed by atoms with Crippen LogP contribution in [0.2, 0.25) is 0 Å². The Morgan fingerprint density at radius 1 is 1.27 bits per heavy atom. The molecule has 11 heavy (non-hydrogen) atoms. The zero-order valence-corrected chi connectivity index (χ0v) is 7.33. The first kappa shape index (κ1) is 8.47. The van der Waals surface area contributed by atoms with Crippen LogP contribution >= 0.6 is 0 Å². The molecular formula is C9H16N2. The van der Waals surface area contributed by atoms with Gasteiger partial charge in [0, 0.05) is 5.71 Å². The van der Waals surface area contributed by atoms with E-state index in [1.807, 2.05) is 6.92 Å². The fourth-order valence-electron chi connectivity index (χ4n) is 1.37. The Labute approximate surface area is 68.2 Å². The molecule has 0 aromatic carbocycles. The second kappa shape index (κ2) is 3.67. The van der Waals surface area contributed by atoms with Gasteiger partial charge in [0.25, 0.3) is 0 Å². The highest BCUT2D eigenvalue weighted by Gasteiger charge is 2.08. The molecule has 0 unspecified atom stereocenters. The zero-order valence-electron chi connectivity index (χ0n) is 7.33. The molecule has 0 aromatic rings. The summed E-state index contributed by atoms with van der Waals surface area (Å²) in [7, 11) is 0. The minimum Gasteiger partial charge on any atom is -0.316 e. The molecule has 1 rings (SSSR count). The van der Waals surface area contributed by atoms with Crippen LogP contribution in [0.15, 0.2) is 11.1 Å². The SMILES string of the molecule is CC(=N)C(C)=C1CCNCC1. The van der Waals surface area contributed by atoms with Gasteiger partial charge in [-0.05, 0) is 45.4 Å². The molecule has 2 N–H and O–H groups in total. The van der Waals surface area contributed by atoms with E-state index in [1.165, 1.54) is 11.1 Å². The van der Waals surface area contributed by atoms with Crippen molar-refractivity contribution >= 4 is 5.71 Å². The Morgan fingerprint density at radius 2 is 1.82 bits per heavy atom. The molecule has 1 heterocycles. The molecule has 0 aliphatic carbocycles. The number of allylic oxidation sites excluding steroid dienone is 1. The van der Waals surface area contributed by atoms with Crippen LogP contribution in [-0.4, -0.2) is 18.8 Å². The van der Waals surface area contributed by atoms with Crippen LogP contribution < -0.4 is 5.32 Å². The van der Waals surface area contributed by atoms with Gasteiger partial charge in [-0.15, -0.1) is 0 Å². The van der Waals surface area contributed by atoms with Crippen molar-refractivity contribution in [2.45, 2.75) is 26.7 Å². The smallest absolute Gasteiger partial charge is 0.0311 e. The molecule has 2 nitrogen and oxygen atoms in total. The van der Waals surface area contributed by atoms with Gasteiger partial charge in [0.05, 0.1) is 0 Å². The Kier molecular flexibility index (Phi) is 2.83. The van der Waals surface area contributed by atoms with E-state index in [1.54, 1.807) is 0 Å². The maximum Gasteiger partial charge on any atom is 0.0311 e. The maximum atomic E-state index is 7.46. The van der Waals surface area contributed by atoms with Crippen molar-refractivity contribution in [1.82, 2.24) is 5.32 Å². The third kappa shape index (κ3) is 2.15. The fraction of sp³-hybridized carbons (Fsp3) is 0.667. The average molecular weight is 152 g/mol. The van der Waals surface area contributed by atoms with Crippen LogP contribution in [0.25, 0.3) is 0 Å². The number of hydrogen-bond acceptors (Lipinski definition) is 2. The van der Waals surface area contributed by atoms with Gasteiger partial charge in [-0.1, -0.05) is 5.57 Å². The molecule has 0 bridgehead atoms. The van der Waals surface area contributed by atoms with Crippen molar-refractivity contribution in [2.24, 2.45) is 0 Å². The van der Waals surface area contributed by atoms with Gasteiger partial charge in [0.2, 0.25) is 0 Å². The van der Waals surface area contributed by atoms with Gasteiger partial charge in [0.1, 0.15) is 0 Å². The van der Waals surface area contributed by atoms with E-state index >= 15 is 0 Å². The van der Waals surface area contributed by atoms with Gasteiger partial charge in [-0.2, -0.15) is 0 Å². The van der Waals surface area contributed by atoms with Crippen molar-refractivity contribution in [3.8, 4) is 0 Å². The lowest BCUT2D eigenvalue weighted by atomic mass is 9.98. The van der Waals surface area contributed by atoms with E-state index in [4.69, 9.17) is 5.41 Å². The van der Waals surface area contributed by atoms with Crippen LogP contribution in [0.3, 0.4) is 0 Å². The third-order valence-electron chi connectivity index (χ3n) is 2.30. The molecule has 1 aliphatic rings. The first-order valence-electron chi connectivity index (χ1n) is 4.16. The Hall–Kier alpha value is -0.630. The summed E-state index contributed by atoms with van der Waals surface area (Å²) in [5.41, 5.74) is 3.39. The summed E-state index contributed by atoms with van der Waals surface area (Å²) in [4.78, 5) is 0. The van der Waals surface area contributed by atoms with Gasteiger partial charge in [0.15, 0.2) is 0 Å². The summed E-state index contributed by atoms with van der Waals surface area (Å²) < 4.78 is 0. The molecule has 1 aliphatic heterocycles. The molecule has 62 valence electrons. The predicted octanol–water partition coefficient (Wildman–Crippen LogP) is 1.73. The molecule has 2 heteroatoms. The number of piperidine rings is 1. The van der Waals surface area contributed by atoms with Crippen molar-refractivity contribution in [1.29, 1.82) is 5.41 Å². The standard InChI is InChI=1S/C9H16N2/c1-7(8(2)10)9-3-5-11-6-4-9/h10-11H,3-6H2,1-2H3. The minimum absolute atomic E-state index is 0.724. The first-order valence-corrected chi connectivity index (χ1v) is 4.16. The van der Waals surface area contributed by atoms with Crippen LogP contribution in [0.5, 0.6) is 0 Å². The highest BCUT2D eigenvalue weighted by Crippen LogP contribution is 2.15. The number of hydrogen-bond donors (Lipinski definition) is 2. The highest BCUT2D eigenvalue weighted by molar-refractivity contribution is 5.95. The average Bonchev–Trinajstić information content (AvgIpc) is 2.05. The summed E-state index contributed by atoms with van der Waals surface area (Å²) in [6.45, 7) is 6.09. The van der Waals surface area contributed by atoms with E-state index in [2.05, 4.69) is 12.2 Å². The van der Waals surface area contributed by atoms with E-state index < -0.39 is 0 Å². The highest BCUT2D eigenvalue weighted by atomic mass is 14.9. The summed E-state index contributed by atoms with van der Waals surface area (Å²) in [6, 6.07) is 0. The lowest BCUT2D eigenvalue weighted by molar-refractivity contribution is 0.607. The quantitative estimate of drug-likeness (QED) is 0.551. The largest absolute Gasteiger partial charge is 0.316 e. The molecule has 0 saturated carbocycles. The molecule has 0 spiro atoms. The molecule has 0 atom stereocenters. The van der Waals surface area contributed by atoms with Crippen molar-refractivity contribution in [2.75, 3.05) is 13.1 Å². The first-order chi connectivity index (χ1) is 5.22. The molecule has 0 amide bonds. The Morgan fingerprint density at radius 3 is 2.27 bits per heavy atom. The van der Waals surface area contributed by atoms with Crippen LogP contribution in [0.4, 0.5) is 0 Å². The summed E-state index contributed by atoms with van der Waals surface area (Å²) in [5.74, 6) is 0. The van der Waals surface area contributed by atoms with E-state index in [0.717, 1.165) is 31.6 Å². The number of rotatable bonds is 1. The van der Waals surface area contributed by atoms with Crippen LogP contribution in [-0.2, 0) is 0 Å². The summed E-state index contributed by atoms with van der Waals surface area (Å²) in [6.07, 6.45) is 2.25. The third-order valence-corrected chi connectivity index (χ3v) is 2.30. The summed E-state index contributed by atoms with van der Waals surface area (Å²) in [5, 5.41) is 10.8. The van der Waals surface area contributed by atoms with Gasteiger partial charge >= 0.3 is 0 Å². The minimum atomic E-state index is 0.724. The maximum absolute atomic E-state index is 7.46. The van der Waals surface area contributed by atoms with Crippen LogP contribution in [0, 0.1) is 5.41 Å². The molecule has 1 saturated heterocycles. The molecule has 0 aromatic heterocycles. The van der Waals surface area contributed by atoms with Crippen molar-refractivity contribution in [3.63, 3.8) is 0 Å². The molecule has 0 radical (unpaired) electrons. The normalized spacial score (nSPS) is 18.2. The van der Waals surface area contributed by atoms with Gasteiger partial charge < -0.3 is 10.7 Å². The zero-order chi connectivity index (χ0) is 8.27.